The van der Waals surface area contributed by atoms with E-state index in [1.54, 1.807) is 4.90 Å². The zero-order chi connectivity index (χ0) is 21.6. The van der Waals surface area contributed by atoms with Crippen LogP contribution in [0.25, 0.3) is 0 Å². The summed E-state index contributed by atoms with van der Waals surface area (Å²) in [4.78, 5) is 27.1. The highest BCUT2D eigenvalue weighted by Crippen LogP contribution is 2.21. The van der Waals surface area contributed by atoms with Gasteiger partial charge < -0.3 is 10.2 Å². The van der Waals surface area contributed by atoms with Gasteiger partial charge in [0.15, 0.2) is 0 Å². The third-order valence-corrected chi connectivity index (χ3v) is 6.31. The lowest BCUT2D eigenvalue weighted by atomic mass is 9.96. The summed E-state index contributed by atoms with van der Waals surface area (Å²) in [5.41, 5.74) is 1.09. The molecule has 1 aliphatic rings. The van der Waals surface area contributed by atoms with Crippen molar-refractivity contribution in [1.29, 1.82) is 0 Å². The molecule has 1 saturated heterocycles. The second-order valence-corrected chi connectivity index (χ2v) is 8.77. The molecule has 1 atom stereocenters. The Morgan fingerprint density at radius 1 is 1.10 bits per heavy atom. The van der Waals surface area contributed by atoms with E-state index in [9.17, 15) is 18.0 Å². The van der Waals surface area contributed by atoms with E-state index in [4.69, 9.17) is 6.42 Å². The number of amides is 2. The Morgan fingerprint density at radius 3 is 2.47 bits per heavy atom. The molecule has 0 saturated carbocycles. The van der Waals surface area contributed by atoms with Gasteiger partial charge in [-0.15, -0.1) is 6.42 Å². The SMILES string of the molecule is C#CCNS(=O)(=O)c1ccc(C(=O)N2CCC[C@H](C(=O)Nc3ccccc3)C2)cc1. The second-order valence-electron chi connectivity index (χ2n) is 7.00. The molecule has 1 fully saturated rings. The summed E-state index contributed by atoms with van der Waals surface area (Å²) in [5.74, 6) is 1.57. The quantitative estimate of drug-likeness (QED) is 0.693. The minimum Gasteiger partial charge on any atom is -0.338 e. The van der Waals surface area contributed by atoms with Crippen molar-refractivity contribution < 1.29 is 18.0 Å². The number of nitrogens with one attached hydrogen (secondary N) is 2. The molecule has 0 radical (unpaired) electrons. The number of para-hydroxylation sites is 1. The van der Waals surface area contributed by atoms with E-state index in [1.807, 2.05) is 30.3 Å². The first kappa shape index (κ1) is 21.6. The number of nitrogens with zero attached hydrogens (tertiary/aromatic N) is 1. The summed E-state index contributed by atoms with van der Waals surface area (Å²) >= 11 is 0. The zero-order valence-corrected chi connectivity index (χ0v) is 17.2. The average molecular weight is 426 g/mol. The molecule has 2 aromatic rings. The fourth-order valence-corrected chi connectivity index (χ4v) is 4.26. The molecule has 8 heteroatoms. The van der Waals surface area contributed by atoms with Crippen LogP contribution in [-0.2, 0) is 14.8 Å². The van der Waals surface area contributed by atoms with Crippen molar-refractivity contribution in [2.24, 2.45) is 5.92 Å². The van der Waals surface area contributed by atoms with E-state index in [1.165, 1.54) is 24.3 Å². The molecule has 7 nitrogen and oxygen atoms in total. The van der Waals surface area contributed by atoms with E-state index in [0.717, 1.165) is 12.1 Å². The van der Waals surface area contributed by atoms with Crippen LogP contribution in [0.1, 0.15) is 23.2 Å². The largest absolute Gasteiger partial charge is 0.338 e. The van der Waals surface area contributed by atoms with Crippen molar-refractivity contribution in [2.75, 3.05) is 25.0 Å². The first-order valence-electron chi connectivity index (χ1n) is 9.59. The molecule has 1 aliphatic heterocycles. The summed E-state index contributed by atoms with van der Waals surface area (Å²) in [5, 5.41) is 2.89. The molecule has 1 heterocycles. The highest BCUT2D eigenvalue weighted by Gasteiger charge is 2.29. The smallest absolute Gasteiger partial charge is 0.253 e. The number of sulfonamides is 1. The molecular weight excluding hydrogens is 402 g/mol. The van der Waals surface area contributed by atoms with Crippen molar-refractivity contribution in [3.63, 3.8) is 0 Å². The predicted molar refractivity (Wildman–Crippen MR) is 114 cm³/mol. The Kier molecular flexibility index (Phi) is 6.87. The molecule has 0 bridgehead atoms. The Morgan fingerprint density at radius 2 is 1.80 bits per heavy atom. The monoisotopic (exact) mass is 425 g/mol. The number of piperidine rings is 1. The minimum atomic E-state index is -3.71. The summed E-state index contributed by atoms with van der Waals surface area (Å²) < 4.78 is 26.5. The van der Waals surface area contributed by atoms with Crippen LogP contribution in [0, 0.1) is 18.3 Å². The van der Waals surface area contributed by atoms with Gasteiger partial charge >= 0.3 is 0 Å². The second kappa shape index (κ2) is 9.57. The van der Waals surface area contributed by atoms with Gasteiger partial charge in [0.1, 0.15) is 0 Å². The number of anilines is 1. The zero-order valence-electron chi connectivity index (χ0n) is 16.4. The van der Waals surface area contributed by atoms with Crippen LogP contribution in [0.3, 0.4) is 0 Å². The number of carbonyl (C=O) groups is 2. The Labute approximate surface area is 176 Å². The lowest BCUT2D eigenvalue weighted by molar-refractivity contribution is -0.121. The molecule has 30 heavy (non-hydrogen) atoms. The highest BCUT2D eigenvalue weighted by molar-refractivity contribution is 7.89. The van der Waals surface area contributed by atoms with Crippen LogP contribution in [0.15, 0.2) is 59.5 Å². The molecule has 2 aromatic carbocycles. The summed E-state index contributed by atoms with van der Waals surface area (Å²) in [6, 6.07) is 14.9. The van der Waals surface area contributed by atoms with Gasteiger partial charge in [-0.3, -0.25) is 9.59 Å². The molecular formula is C22H23N3O4S. The van der Waals surface area contributed by atoms with Crippen molar-refractivity contribution in [3.05, 3.63) is 60.2 Å². The molecule has 2 N–H and O–H groups in total. The summed E-state index contributed by atoms with van der Waals surface area (Å²) in [6.45, 7) is 0.766. The van der Waals surface area contributed by atoms with E-state index in [-0.39, 0.29) is 29.2 Å². The van der Waals surface area contributed by atoms with Crippen LogP contribution in [-0.4, -0.2) is 44.8 Å². The normalized spacial score (nSPS) is 16.5. The third-order valence-electron chi connectivity index (χ3n) is 4.90. The van der Waals surface area contributed by atoms with Gasteiger partial charge in [-0.2, -0.15) is 4.72 Å². The number of hydrogen-bond donors (Lipinski definition) is 2. The van der Waals surface area contributed by atoms with Crippen molar-refractivity contribution >= 4 is 27.5 Å². The van der Waals surface area contributed by atoms with E-state index in [0.29, 0.717) is 25.1 Å². The van der Waals surface area contributed by atoms with Crippen LogP contribution < -0.4 is 10.0 Å². The number of benzene rings is 2. The van der Waals surface area contributed by atoms with Gasteiger partial charge in [0, 0.05) is 24.3 Å². The number of hydrogen-bond acceptors (Lipinski definition) is 4. The Hall–Kier alpha value is -3.15. The first-order valence-corrected chi connectivity index (χ1v) is 11.1. The van der Waals surface area contributed by atoms with Crippen LogP contribution >= 0.6 is 0 Å². The predicted octanol–water partition coefficient (Wildman–Crippen LogP) is 2.09. The average Bonchev–Trinajstić information content (AvgIpc) is 2.78. The molecule has 156 valence electrons. The van der Waals surface area contributed by atoms with Crippen molar-refractivity contribution in [2.45, 2.75) is 17.7 Å². The minimum absolute atomic E-state index is 0.0352. The molecule has 0 aliphatic carbocycles. The maximum absolute atomic E-state index is 12.9. The lowest BCUT2D eigenvalue weighted by Crippen LogP contribution is -2.43. The maximum Gasteiger partial charge on any atom is 0.253 e. The number of terminal acetylenes is 1. The van der Waals surface area contributed by atoms with Crippen molar-refractivity contribution in [1.82, 2.24) is 9.62 Å². The number of carbonyl (C=O) groups excluding carboxylic acids is 2. The Bertz CT molecular complexity index is 1040. The van der Waals surface area contributed by atoms with Gasteiger partial charge in [-0.25, -0.2) is 8.42 Å². The lowest BCUT2D eigenvalue weighted by Gasteiger charge is -2.32. The topological polar surface area (TPSA) is 95.6 Å². The van der Waals surface area contributed by atoms with Gasteiger partial charge in [0.2, 0.25) is 15.9 Å². The molecule has 3 rings (SSSR count). The van der Waals surface area contributed by atoms with Crippen LogP contribution in [0.5, 0.6) is 0 Å². The summed E-state index contributed by atoms with van der Waals surface area (Å²) in [6.07, 6.45) is 6.51. The summed E-state index contributed by atoms with van der Waals surface area (Å²) in [7, 11) is -3.71. The van der Waals surface area contributed by atoms with Gasteiger partial charge in [0.05, 0.1) is 17.4 Å². The van der Waals surface area contributed by atoms with Gasteiger partial charge in [0.25, 0.3) is 5.91 Å². The van der Waals surface area contributed by atoms with Crippen molar-refractivity contribution in [3.8, 4) is 12.3 Å². The standard InChI is InChI=1S/C22H23N3O4S/c1-2-14-23-30(28,29)20-12-10-17(11-13-20)22(27)25-15-6-7-18(16-25)21(26)24-19-8-4-3-5-9-19/h1,3-5,8-13,18,23H,6-7,14-16H2,(H,24,26)/t18-/m0/s1. The van der Waals surface area contributed by atoms with Gasteiger partial charge in [-0.1, -0.05) is 24.1 Å². The fraction of sp³-hybridized carbons (Fsp3) is 0.273. The highest BCUT2D eigenvalue weighted by atomic mass is 32.2. The molecule has 0 unspecified atom stereocenters. The van der Waals surface area contributed by atoms with Crippen LogP contribution in [0.4, 0.5) is 5.69 Å². The molecule has 2 amide bonds. The fourth-order valence-electron chi connectivity index (χ4n) is 3.32. The molecule has 0 aromatic heterocycles. The maximum atomic E-state index is 12.9. The van der Waals surface area contributed by atoms with E-state index in [2.05, 4.69) is 16.0 Å². The third kappa shape index (κ3) is 5.26. The van der Waals surface area contributed by atoms with Gasteiger partial charge in [-0.05, 0) is 49.2 Å². The molecule has 0 spiro atoms. The van der Waals surface area contributed by atoms with Crippen LogP contribution in [0.2, 0.25) is 0 Å². The van der Waals surface area contributed by atoms with E-state index < -0.39 is 10.0 Å². The Balaban J connectivity index is 1.65. The first-order chi connectivity index (χ1) is 14.4. The van der Waals surface area contributed by atoms with E-state index >= 15 is 0 Å². The number of likely N-dealkylation sites (tertiary alicyclic amines) is 1. The number of rotatable bonds is 6.